The van der Waals surface area contributed by atoms with E-state index in [0.717, 1.165) is 40.5 Å². The summed E-state index contributed by atoms with van der Waals surface area (Å²) in [6, 6.07) is 24.6. The number of aliphatic imine (C=N–C) groups is 1. The number of carbonyl (C=O) groups excluding carboxylic acids is 3. The number of nitrogens with two attached hydrogens (primary N) is 1. The summed E-state index contributed by atoms with van der Waals surface area (Å²) in [6.45, 7) is 2.60. The smallest absolute Gasteiger partial charge is 0.319 e. The number of carbonyl (C=O) groups is 2. The van der Waals surface area contributed by atoms with Gasteiger partial charge in [-0.2, -0.15) is 4.99 Å². The van der Waals surface area contributed by atoms with E-state index in [0.29, 0.717) is 74.6 Å². The van der Waals surface area contributed by atoms with Crippen molar-refractivity contribution in [3.63, 3.8) is 0 Å². The minimum Gasteiger partial charge on any atom is -0.504 e. The highest BCUT2D eigenvalue weighted by atomic mass is 16.7. The molecule has 1 fully saturated rings. The zero-order chi connectivity index (χ0) is 49.2. The van der Waals surface area contributed by atoms with Crippen LogP contribution < -0.4 is 55.4 Å². The van der Waals surface area contributed by atoms with Gasteiger partial charge in [-0.3, -0.25) is 0 Å². The zero-order valence-corrected chi connectivity index (χ0v) is 37.4. The summed E-state index contributed by atoms with van der Waals surface area (Å²) in [5, 5.41) is 47.8. The normalized spacial score (nSPS) is 15.7. The number of urea groups is 2. The van der Waals surface area contributed by atoms with E-state index >= 15 is 0 Å². The molecule has 2 unspecified atom stereocenters. The van der Waals surface area contributed by atoms with Crippen LogP contribution in [0.2, 0.25) is 0 Å². The Bertz CT molecular complexity index is 2740. The van der Waals surface area contributed by atoms with Gasteiger partial charge in [0, 0.05) is 36.6 Å². The molecule has 4 aliphatic heterocycles. The fourth-order valence-electron chi connectivity index (χ4n) is 6.89. The van der Waals surface area contributed by atoms with E-state index in [4.69, 9.17) is 43.6 Å². The Morgan fingerprint density at radius 2 is 1.03 bits per heavy atom. The standard InChI is InChI=1S/C17H16N2O5.C15H16N2O5.C9H11NO2.C8H7NO3/c20-17(19-12-2-4-14-16(8-12)24-10-22-14)18-6-5-11-1-3-13-15(7-11)23-9-21-13;18-11-3-1-9(7-13(11)20)5-6-16-15(22)17-10-2-4-12(19)14(21)8-10;10-4-3-7-1-2-8-9(5-7)12-6-11-8;10-4-9-6-1-2-7-8(3-6)12-5-11-7/h1-4,7-8H,5-6,9-10H2,(H2,18,19,20);1-4,7-8,18-21H,5-6H2,(H2,16,17,22);1-2,5H,3-4,6,10H2;1-3,7-8H,5H2. The van der Waals surface area contributed by atoms with Gasteiger partial charge in [0.2, 0.25) is 26.5 Å². The molecule has 1 saturated heterocycles. The summed E-state index contributed by atoms with van der Waals surface area (Å²) in [4.78, 5) is 37.0. The second-order valence-corrected chi connectivity index (χ2v) is 15.3. The molecule has 4 amide bonds. The molecule has 2 atom stereocenters. The maximum Gasteiger partial charge on any atom is 0.319 e. The van der Waals surface area contributed by atoms with Gasteiger partial charge in [0.05, 0.1) is 5.70 Å². The van der Waals surface area contributed by atoms with Crippen molar-refractivity contribution >= 4 is 29.5 Å². The van der Waals surface area contributed by atoms with Crippen molar-refractivity contribution in [2.45, 2.75) is 31.5 Å². The number of hydrogen-bond donors (Lipinski definition) is 9. The number of isocyanates is 1. The number of allylic oxidation sites excluding steroid dienone is 1. The number of aromatic hydroxyl groups is 4. The highest BCUT2D eigenvalue weighted by molar-refractivity contribution is 5.90. The average Bonchev–Trinajstić information content (AvgIpc) is 4.20. The number of nitrogens with zero attached hydrogens (tertiary/aromatic N) is 1. The van der Waals surface area contributed by atoms with Crippen molar-refractivity contribution in [1.82, 2.24) is 10.6 Å². The summed E-state index contributed by atoms with van der Waals surface area (Å²) in [7, 11) is 0. The van der Waals surface area contributed by atoms with Crippen LogP contribution in [0.4, 0.5) is 21.0 Å². The van der Waals surface area contributed by atoms with Crippen molar-refractivity contribution in [3.05, 3.63) is 132 Å². The lowest BCUT2D eigenvalue weighted by atomic mass is 10.1. The zero-order valence-electron chi connectivity index (χ0n) is 37.4. The number of benzene rings is 5. The van der Waals surface area contributed by atoms with Crippen LogP contribution in [0.3, 0.4) is 0 Å². The number of phenols is 4. The molecule has 10 rings (SSSR count). The van der Waals surface area contributed by atoms with Crippen LogP contribution >= 0.6 is 0 Å². The molecular formula is C49H50N6O15. The van der Waals surface area contributed by atoms with Crippen molar-refractivity contribution in [1.29, 1.82) is 0 Å². The van der Waals surface area contributed by atoms with Gasteiger partial charge in [-0.05, 0) is 115 Å². The monoisotopic (exact) mass is 962 g/mol. The lowest BCUT2D eigenvalue weighted by Crippen LogP contribution is -2.30. The van der Waals surface area contributed by atoms with Crippen molar-refractivity contribution in [2.24, 2.45) is 10.7 Å². The molecular weight excluding hydrogens is 913 g/mol. The lowest BCUT2D eigenvalue weighted by molar-refractivity contribution is 0.0503. The summed E-state index contributed by atoms with van der Waals surface area (Å²) in [5.41, 5.74) is 10.0. The topological polar surface area (TPSA) is 292 Å². The fourth-order valence-corrected chi connectivity index (χ4v) is 6.89. The van der Waals surface area contributed by atoms with E-state index < -0.39 is 6.03 Å². The highest BCUT2D eigenvalue weighted by Crippen LogP contribution is 2.35. The molecule has 0 spiro atoms. The second-order valence-electron chi connectivity index (χ2n) is 15.3. The molecule has 70 heavy (non-hydrogen) atoms. The maximum atomic E-state index is 12.0. The van der Waals surface area contributed by atoms with Crippen molar-refractivity contribution < 1.29 is 72.7 Å². The molecule has 21 nitrogen and oxygen atoms in total. The average molecular weight is 963 g/mol. The Balaban J connectivity index is 0.000000144. The largest absolute Gasteiger partial charge is 0.504 e. The Morgan fingerprint density at radius 1 is 0.557 bits per heavy atom. The van der Waals surface area contributed by atoms with Gasteiger partial charge in [0.1, 0.15) is 19.0 Å². The van der Waals surface area contributed by atoms with Gasteiger partial charge in [-0.1, -0.05) is 24.3 Å². The molecule has 21 heteroatoms. The van der Waals surface area contributed by atoms with E-state index in [1.54, 1.807) is 36.4 Å². The van der Waals surface area contributed by atoms with Crippen molar-refractivity contribution in [3.8, 4) is 57.5 Å². The van der Waals surface area contributed by atoms with Crippen LogP contribution in [-0.4, -0.2) is 97.6 Å². The Kier molecular flexibility index (Phi) is 17.2. The lowest BCUT2D eigenvalue weighted by Gasteiger charge is -2.12. The van der Waals surface area contributed by atoms with Gasteiger partial charge in [0.15, 0.2) is 57.5 Å². The van der Waals surface area contributed by atoms with Gasteiger partial charge < -0.3 is 85.3 Å². The predicted molar refractivity (Wildman–Crippen MR) is 251 cm³/mol. The number of fused-ring (bicyclic) bond motifs is 4. The van der Waals surface area contributed by atoms with Crippen LogP contribution in [0.1, 0.15) is 16.7 Å². The first-order chi connectivity index (χ1) is 34.0. The molecule has 5 aromatic rings. The fraction of sp³-hybridized carbons (Fsp3) is 0.245. The molecule has 0 saturated carbocycles. The Labute approximate surface area is 400 Å². The number of rotatable bonds is 11. The van der Waals surface area contributed by atoms with Crippen LogP contribution in [0, 0.1) is 0 Å². The van der Waals surface area contributed by atoms with Crippen molar-refractivity contribution in [2.75, 3.05) is 57.4 Å². The van der Waals surface area contributed by atoms with Gasteiger partial charge in [0.25, 0.3) is 0 Å². The van der Waals surface area contributed by atoms with E-state index in [1.807, 2.05) is 42.5 Å². The third kappa shape index (κ3) is 14.2. The third-order valence-electron chi connectivity index (χ3n) is 10.4. The minimum absolute atomic E-state index is 0.0180. The number of amides is 4. The number of ether oxygens (including phenoxy) is 8. The maximum absolute atomic E-state index is 12.0. The first kappa shape index (κ1) is 49.3. The van der Waals surface area contributed by atoms with Crippen LogP contribution in [0.5, 0.6) is 57.5 Å². The summed E-state index contributed by atoms with van der Waals surface area (Å²) in [5.74, 6) is 3.50. The molecule has 4 heterocycles. The molecule has 366 valence electrons. The Morgan fingerprint density at radius 3 is 1.60 bits per heavy atom. The number of nitrogens with one attached hydrogen (secondary N) is 4. The molecule has 10 N–H and O–H groups in total. The number of anilines is 2. The van der Waals surface area contributed by atoms with Crippen LogP contribution in [0.15, 0.2) is 120 Å². The molecule has 0 bridgehead atoms. The van der Waals surface area contributed by atoms with E-state index in [1.165, 1.54) is 42.0 Å². The van der Waals surface area contributed by atoms with Gasteiger partial charge >= 0.3 is 12.1 Å². The highest BCUT2D eigenvalue weighted by Gasteiger charge is 2.28. The number of phenolic OH excluding ortho intramolecular Hbond substituents is 4. The van der Waals surface area contributed by atoms with Crippen LogP contribution in [0.25, 0.3) is 0 Å². The first-order valence-corrected chi connectivity index (χ1v) is 21.7. The van der Waals surface area contributed by atoms with E-state index in [9.17, 15) is 34.8 Å². The Hall–Kier alpha value is -8.62. The first-order valence-electron chi connectivity index (χ1n) is 21.7. The number of hydrogen-bond acceptors (Lipinski definition) is 17. The van der Waals surface area contributed by atoms with E-state index in [-0.39, 0.29) is 54.8 Å². The molecule has 1 aliphatic carbocycles. The quantitative estimate of drug-likeness (QED) is 0.0326. The predicted octanol–water partition coefficient (Wildman–Crippen LogP) is 5.82. The molecule has 0 radical (unpaired) electrons. The summed E-state index contributed by atoms with van der Waals surface area (Å²) < 4.78 is 41.9. The van der Waals surface area contributed by atoms with Gasteiger partial charge in [-0.25, -0.2) is 14.4 Å². The van der Waals surface area contributed by atoms with Gasteiger partial charge in [-0.15, -0.1) is 0 Å². The second kappa shape index (κ2) is 24.4. The molecule has 0 aromatic heterocycles. The summed E-state index contributed by atoms with van der Waals surface area (Å²) in [6.07, 6.45) is 8.73. The third-order valence-corrected chi connectivity index (χ3v) is 10.4. The summed E-state index contributed by atoms with van der Waals surface area (Å²) >= 11 is 0. The van der Waals surface area contributed by atoms with Crippen LogP contribution in [-0.2, 0) is 33.5 Å². The van der Waals surface area contributed by atoms with E-state index in [2.05, 4.69) is 26.3 Å². The molecule has 5 aromatic carbocycles. The SMILES string of the molecule is NCCc1ccc2c(c1)OCO2.O=C(NCCc1ccc(O)c(O)c1)Nc1ccc(O)c(O)c1.O=C(NCCc1ccc2c(c1)OCO2)Nc1ccc2c(c1)OCO2.O=C=NC1=CC2OCOC2C=C1. The minimum atomic E-state index is -0.465. The molecule has 5 aliphatic rings.